The Morgan fingerprint density at radius 2 is 2.15 bits per heavy atom. The Morgan fingerprint density at radius 1 is 1.42 bits per heavy atom. The third-order valence-electron chi connectivity index (χ3n) is 4.31. The normalized spacial score (nSPS) is 22.5. The Labute approximate surface area is 150 Å². The van der Waals surface area contributed by atoms with Crippen LogP contribution in [-0.4, -0.2) is 72.6 Å². The highest BCUT2D eigenvalue weighted by Gasteiger charge is 2.49. The van der Waals surface area contributed by atoms with Crippen molar-refractivity contribution in [2.24, 2.45) is 0 Å². The van der Waals surface area contributed by atoms with Crippen LogP contribution in [-0.2, 0) is 19.5 Å². The molecule has 3 rings (SSSR count). The van der Waals surface area contributed by atoms with Crippen molar-refractivity contribution in [2.75, 3.05) is 30.9 Å². The number of anilines is 2. The maximum atomic E-state index is 12.6. The average molecular weight is 385 g/mol. The van der Waals surface area contributed by atoms with E-state index < -0.39 is 34.4 Å². The second kappa shape index (κ2) is 6.70. The van der Waals surface area contributed by atoms with Crippen LogP contribution >= 0.6 is 0 Å². The number of urea groups is 1. The van der Waals surface area contributed by atoms with Crippen LogP contribution < -0.4 is 10.2 Å². The minimum absolute atomic E-state index is 0.137. The fourth-order valence-corrected chi connectivity index (χ4v) is 3.47. The molecule has 2 N–H and O–H groups in total. The highest BCUT2D eigenvalue weighted by Crippen LogP contribution is 2.31. The van der Waals surface area contributed by atoms with Crippen LogP contribution in [0.15, 0.2) is 18.3 Å². The van der Waals surface area contributed by atoms with E-state index in [4.69, 9.17) is 4.55 Å². The number of amides is 3. The molecule has 0 unspecified atom stereocenters. The van der Waals surface area contributed by atoms with E-state index in [1.807, 2.05) is 19.0 Å². The lowest BCUT2D eigenvalue weighted by Gasteiger charge is -2.29. The standard InChI is InChI=1S/C14H19N5O6S/c1-17(2)9-5-6-15-12(7-9)16-13(20)11-4-3-10-8-18(11)14(21)19(10)25-26(22,23)24/h5-7,10-11H,3-4,8H2,1-2H3,(H,15,16,20)(H,22,23,24)/t10-,11+/m1/s1. The van der Waals surface area contributed by atoms with Gasteiger partial charge in [0, 0.05) is 38.6 Å². The summed E-state index contributed by atoms with van der Waals surface area (Å²) < 4.78 is 34.9. The molecule has 0 aliphatic carbocycles. The Hall–Kier alpha value is -2.44. The zero-order valence-electron chi connectivity index (χ0n) is 14.2. The molecule has 12 heteroatoms. The molecule has 0 saturated carbocycles. The molecule has 1 aromatic rings. The van der Waals surface area contributed by atoms with Gasteiger partial charge in [0.1, 0.15) is 11.9 Å². The molecule has 2 aliphatic heterocycles. The van der Waals surface area contributed by atoms with Gasteiger partial charge in [-0.2, -0.15) is 13.5 Å². The van der Waals surface area contributed by atoms with Crippen molar-refractivity contribution in [2.45, 2.75) is 24.9 Å². The number of carbonyl (C=O) groups excluding carboxylic acids is 2. The van der Waals surface area contributed by atoms with Crippen LogP contribution in [0.5, 0.6) is 0 Å². The predicted octanol–water partition coefficient (Wildman–Crippen LogP) is 0.0891. The molecular formula is C14H19N5O6S. The Kier molecular flexibility index (Phi) is 4.73. The number of piperidine rings is 1. The average Bonchev–Trinajstić information content (AvgIpc) is 2.78. The summed E-state index contributed by atoms with van der Waals surface area (Å²) in [5.41, 5.74) is 0.851. The van der Waals surface area contributed by atoms with Gasteiger partial charge in [0.25, 0.3) is 0 Å². The molecule has 11 nitrogen and oxygen atoms in total. The molecule has 0 radical (unpaired) electrons. The first-order valence-corrected chi connectivity index (χ1v) is 9.23. The van der Waals surface area contributed by atoms with Crippen LogP contribution in [0.25, 0.3) is 0 Å². The van der Waals surface area contributed by atoms with Gasteiger partial charge in [0.05, 0.1) is 6.04 Å². The zero-order valence-corrected chi connectivity index (χ0v) is 15.0. The number of aromatic nitrogens is 1. The lowest BCUT2D eigenvalue weighted by atomic mass is 10.0. The van der Waals surface area contributed by atoms with Crippen molar-refractivity contribution in [3.8, 4) is 0 Å². The quantitative estimate of drug-likeness (QED) is 0.682. The molecule has 0 aromatic carbocycles. The molecule has 3 heterocycles. The molecule has 2 aliphatic rings. The fraction of sp³-hybridized carbons (Fsp3) is 0.500. The van der Waals surface area contributed by atoms with E-state index in [1.54, 1.807) is 18.3 Å². The van der Waals surface area contributed by atoms with Gasteiger partial charge in [-0.25, -0.2) is 9.78 Å². The van der Waals surface area contributed by atoms with Crippen molar-refractivity contribution in [3.05, 3.63) is 18.3 Å². The second-order valence-corrected chi connectivity index (χ2v) is 7.30. The van der Waals surface area contributed by atoms with E-state index in [9.17, 15) is 18.0 Å². The smallest absolute Gasteiger partial charge is 0.378 e. The van der Waals surface area contributed by atoms with Gasteiger partial charge in [-0.3, -0.25) is 9.35 Å². The number of nitrogens with zero attached hydrogens (tertiary/aromatic N) is 4. The summed E-state index contributed by atoms with van der Waals surface area (Å²) >= 11 is 0. The molecule has 142 valence electrons. The molecule has 1 aromatic heterocycles. The van der Waals surface area contributed by atoms with Crippen molar-refractivity contribution >= 4 is 33.8 Å². The van der Waals surface area contributed by atoms with Crippen molar-refractivity contribution in [1.82, 2.24) is 14.9 Å². The van der Waals surface area contributed by atoms with Crippen LogP contribution in [0.2, 0.25) is 0 Å². The number of pyridine rings is 1. The summed E-state index contributed by atoms with van der Waals surface area (Å²) in [7, 11) is -1.10. The highest BCUT2D eigenvalue weighted by atomic mass is 32.3. The number of rotatable bonds is 5. The van der Waals surface area contributed by atoms with Gasteiger partial charge in [0.2, 0.25) is 5.91 Å². The van der Waals surface area contributed by atoms with Crippen molar-refractivity contribution < 1.29 is 26.8 Å². The number of fused-ring (bicyclic) bond motifs is 2. The first-order chi connectivity index (χ1) is 12.2. The molecule has 2 saturated heterocycles. The monoisotopic (exact) mass is 385 g/mol. The van der Waals surface area contributed by atoms with E-state index in [0.29, 0.717) is 23.7 Å². The second-order valence-electron chi connectivity index (χ2n) is 6.29. The van der Waals surface area contributed by atoms with Gasteiger partial charge in [-0.15, -0.1) is 4.28 Å². The van der Waals surface area contributed by atoms with Gasteiger partial charge in [0.15, 0.2) is 0 Å². The highest BCUT2D eigenvalue weighted by molar-refractivity contribution is 7.80. The molecule has 2 fully saturated rings. The van der Waals surface area contributed by atoms with Crippen molar-refractivity contribution in [3.63, 3.8) is 0 Å². The molecule has 0 spiro atoms. The third-order valence-corrected chi connectivity index (χ3v) is 4.66. The molecule has 3 amide bonds. The summed E-state index contributed by atoms with van der Waals surface area (Å²) in [5, 5.41) is 3.28. The van der Waals surface area contributed by atoms with Crippen LogP contribution in [0.4, 0.5) is 16.3 Å². The van der Waals surface area contributed by atoms with Gasteiger partial charge in [-0.05, 0) is 18.9 Å². The topological polar surface area (TPSA) is 132 Å². The summed E-state index contributed by atoms with van der Waals surface area (Å²) in [4.78, 5) is 32.1. The third kappa shape index (κ3) is 3.71. The maximum absolute atomic E-state index is 12.6. The summed E-state index contributed by atoms with van der Waals surface area (Å²) in [6.07, 6.45) is 2.26. The molecule has 2 atom stereocenters. The number of hydrogen-bond donors (Lipinski definition) is 2. The van der Waals surface area contributed by atoms with Crippen LogP contribution in [0, 0.1) is 0 Å². The number of hydroxylamine groups is 2. The number of nitrogens with one attached hydrogen (secondary N) is 1. The van der Waals surface area contributed by atoms with E-state index in [-0.39, 0.29) is 6.54 Å². The first kappa shape index (κ1) is 18.4. The van der Waals surface area contributed by atoms with E-state index in [0.717, 1.165) is 5.69 Å². The summed E-state index contributed by atoms with van der Waals surface area (Å²) in [6, 6.07) is 1.39. The number of hydrogen-bond acceptors (Lipinski definition) is 7. The largest absolute Gasteiger partial charge is 0.418 e. The summed E-state index contributed by atoms with van der Waals surface area (Å²) in [5.74, 6) is -0.0741. The van der Waals surface area contributed by atoms with Crippen molar-refractivity contribution in [1.29, 1.82) is 0 Å². The summed E-state index contributed by atoms with van der Waals surface area (Å²) in [6.45, 7) is 0.137. The maximum Gasteiger partial charge on any atom is 0.418 e. The van der Waals surface area contributed by atoms with E-state index >= 15 is 0 Å². The van der Waals surface area contributed by atoms with Gasteiger partial charge in [-0.1, -0.05) is 0 Å². The number of carbonyl (C=O) groups is 2. The molecular weight excluding hydrogens is 366 g/mol. The van der Waals surface area contributed by atoms with E-state index in [2.05, 4.69) is 14.6 Å². The van der Waals surface area contributed by atoms with Gasteiger partial charge < -0.3 is 15.1 Å². The lowest BCUT2D eigenvalue weighted by Crippen LogP contribution is -2.47. The SMILES string of the molecule is CN(C)c1ccnc(NC(=O)[C@@H]2CC[C@@H]3CN2C(=O)N3OS(=O)(=O)O)c1. The van der Waals surface area contributed by atoms with Crippen LogP contribution in [0.1, 0.15) is 12.8 Å². The van der Waals surface area contributed by atoms with Gasteiger partial charge >= 0.3 is 16.4 Å². The lowest BCUT2D eigenvalue weighted by molar-refractivity contribution is -0.120. The minimum atomic E-state index is -4.82. The predicted molar refractivity (Wildman–Crippen MR) is 90.6 cm³/mol. The Bertz CT molecular complexity index is 829. The minimum Gasteiger partial charge on any atom is -0.378 e. The molecule has 2 bridgehead atoms. The Morgan fingerprint density at radius 3 is 2.81 bits per heavy atom. The van der Waals surface area contributed by atoms with Crippen LogP contribution in [0.3, 0.4) is 0 Å². The molecule has 26 heavy (non-hydrogen) atoms. The zero-order chi connectivity index (χ0) is 19.1. The first-order valence-electron chi connectivity index (χ1n) is 7.87. The fourth-order valence-electron chi connectivity index (χ4n) is 3.08. The van der Waals surface area contributed by atoms with E-state index in [1.165, 1.54) is 4.90 Å². The Balaban J connectivity index is 1.72.